The highest BCUT2D eigenvalue weighted by Crippen LogP contribution is 2.23. The fourth-order valence-electron chi connectivity index (χ4n) is 2.12. The van der Waals surface area contributed by atoms with Gasteiger partial charge in [-0.15, -0.1) is 0 Å². The summed E-state index contributed by atoms with van der Waals surface area (Å²) < 4.78 is 27.0. The molecule has 1 aliphatic rings. The zero-order valence-corrected chi connectivity index (χ0v) is 9.72. The molecule has 5 nitrogen and oxygen atoms in total. The molecule has 2 rings (SSSR count). The molecule has 102 valence electrons. The molecule has 0 bridgehead atoms. The van der Waals surface area contributed by atoms with E-state index in [0.717, 1.165) is 23.1 Å². The van der Waals surface area contributed by atoms with Crippen molar-refractivity contribution < 1.29 is 28.6 Å². The van der Waals surface area contributed by atoms with Gasteiger partial charge in [0.25, 0.3) is 5.91 Å². The maximum absolute atomic E-state index is 13.5. The lowest BCUT2D eigenvalue weighted by atomic mass is 10.1. The van der Waals surface area contributed by atoms with Gasteiger partial charge in [-0.1, -0.05) is 6.07 Å². The third-order valence-corrected chi connectivity index (χ3v) is 3.00. The first-order valence-corrected chi connectivity index (χ1v) is 5.57. The summed E-state index contributed by atoms with van der Waals surface area (Å²) in [5.74, 6) is -4.51. The minimum Gasteiger partial charge on any atom is -0.480 e. The molecule has 1 saturated heterocycles. The van der Waals surface area contributed by atoms with Crippen LogP contribution < -0.4 is 0 Å². The van der Waals surface area contributed by atoms with E-state index in [-0.39, 0.29) is 13.0 Å². The number of hydrogen-bond acceptors (Lipinski definition) is 3. The number of carboxylic acid groups (broad SMARTS) is 1. The number of carbonyl (C=O) groups excluding carboxylic acids is 1. The summed E-state index contributed by atoms with van der Waals surface area (Å²) in [6.45, 7) is -0.260. The van der Waals surface area contributed by atoms with Gasteiger partial charge in [-0.2, -0.15) is 0 Å². The van der Waals surface area contributed by atoms with Gasteiger partial charge in [0.1, 0.15) is 23.2 Å². The van der Waals surface area contributed by atoms with Crippen LogP contribution in [0, 0.1) is 11.6 Å². The van der Waals surface area contributed by atoms with E-state index >= 15 is 0 Å². The van der Waals surface area contributed by atoms with E-state index in [1.54, 1.807) is 0 Å². The molecule has 1 fully saturated rings. The molecule has 2 N–H and O–H groups in total. The molecule has 1 aliphatic heterocycles. The van der Waals surface area contributed by atoms with E-state index in [1.165, 1.54) is 0 Å². The second-order valence-corrected chi connectivity index (χ2v) is 4.30. The lowest BCUT2D eigenvalue weighted by Gasteiger charge is -2.21. The topological polar surface area (TPSA) is 77.8 Å². The molecule has 0 spiro atoms. The predicted octanol–water partition coefficient (Wildman–Crippen LogP) is 0.625. The number of β-amino-alcohol motifs (C(OH)–C–C–N with tert-alkyl or cyclic N) is 1. The molecule has 1 heterocycles. The second-order valence-electron chi connectivity index (χ2n) is 4.30. The number of rotatable bonds is 2. The van der Waals surface area contributed by atoms with E-state index in [0.29, 0.717) is 0 Å². The molecule has 2 unspecified atom stereocenters. The van der Waals surface area contributed by atoms with E-state index < -0.39 is 41.2 Å². The third kappa shape index (κ3) is 2.41. The van der Waals surface area contributed by atoms with Crippen LogP contribution in [0.4, 0.5) is 8.78 Å². The van der Waals surface area contributed by atoms with Crippen molar-refractivity contribution in [2.45, 2.75) is 18.6 Å². The van der Waals surface area contributed by atoms with Crippen LogP contribution in [0.5, 0.6) is 0 Å². The van der Waals surface area contributed by atoms with Crippen molar-refractivity contribution in [1.29, 1.82) is 0 Å². The van der Waals surface area contributed by atoms with E-state index in [2.05, 4.69) is 0 Å². The number of likely N-dealkylation sites (tertiary alicyclic amines) is 1. The Bertz CT molecular complexity index is 514. The van der Waals surface area contributed by atoms with Gasteiger partial charge < -0.3 is 15.1 Å². The van der Waals surface area contributed by atoms with Crippen LogP contribution in [0.1, 0.15) is 16.8 Å². The number of carboxylic acids is 1. The molecule has 0 radical (unpaired) electrons. The molecule has 0 aromatic heterocycles. The van der Waals surface area contributed by atoms with Crippen LogP contribution in [0.2, 0.25) is 0 Å². The zero-order chi connectivity index (χ0) is 14.2. The number of benzene rings is 1. The van der Waals surface area contributed by atoms with Gasteiger partial charge in [-0.3, -0.25) is 4.79 Å². The summed E-state index contributed by atoms with van der Waals surface area (Å²) in [5, 5.41) is 18.4. The van der Waals surface area contributed by atoms with Crippen LogP contribution >= 0.6 is 0 Å². The van der Waals surface area contributed by atoms with Crippen molar-refractivity contribution in [1.82, 2.24) is 4.90 Å². The number of hydrogen-bond donors (Lipinski definition) is 2. The second kappa shape index (κ2) is 4.93. The largest absolute Gasteiger partial charge is 0.480 e. The van der Waals surface area contributed by atoms with Crippen molar-refractivity contribution in [3.8, 4) is 0 Å². The SMILES string of the molecule is O=C(O)C1CC(O)CN1C(=O)c1c(F)cccc1F. The lowest BCUT2D eigenvalue weighted by Crippen LogP contribution is -2.41. The summed E-state index contributed by atoms with van der Waals surface area (Å²) in [4.78, 5) is 23.8. The predicted molar refractivity (Wildman–Crippen MR) is 59.4 cm³/mol. The Morgan fingerprint density at radius 3 is 2.37 bits per heavy atom. The van der Waals surface area contributed by atoms with E-state index in [1.807, 2.05) is 0 Å². The number of aliphatic hydroxyl groups is 1. The first kappa shape index (κ1) is 13.4. The Hall–Kier alpha value is -2.02. The van der Waals surface area contributed by atoms with Crippen LogP contribution in [0.15, 0.2) is 18.2 Å². The standard InChI is InChI=1S/C12H11F2NO4/c13-7-2-1-3-8(14)10(7)11(17)15-5-6(16)4-9(15)12(18)19/h1-3,6,9,16H,4-5H2,(H,18,19). The van der Waals surface area contributed by atoms with Crippen molar-refractivity contribution in [3.05, 3.63) is 35.4 Å². The Morgan fingerprint density at radius 1 is 1.26 bits per heavy atom. The number of aliphatic hydroxyl groups excluding tert-OH is 1. The fraction of sp³-hybridized carbons (Fsp3) is 0.333. The summed E-state index contributed by atoms with van der Waals surface area (Å²) in [5.41, 5.74) is -0.803. The van der Waals surface area contributed by atoms with Gasteiger partial charge in [0.15, 0.2) is 0 Å². The van der Waals surface area contributed by atoms with Crippen LogP contribution in [0.3, 0.4) is 0 Å². The van der Waals surface area contributed by atoms with Gasteiger partial charge in [-0.05, 0) is 12.1 Å². The summed E-state index contributed by atoms with van der Waals surface area (Å²) >= 11 is 0. The number of halogens is 2. The Labute approximate surface area is 107 Å². The van der Waals surface area contributed by atoms with Crippen molar-refractivity contribution in [3.63, 3.8) is 0 Å². The monoisotopic (exact) mass is 271 g/mol. The summed E-state index contributed by atoms with van der Waals surface area (Å²) in [6.07, 6.45) is -1.17. The summed E-state index contributed by atoms with van der Waals surface area (Å²) in [7, 11) is 0. The minimum absolute atomic E-state index is 0.156. The van der Waals surface area contributed by atoms with E-state index in [9.17, 15) is 23.5 Å². The fourth-order valence-corrected chi connectivity index (χ4v) is 2.12. The van der Waals surface area contributed by atoms with Gasteiger partial charge >= 0.3 is 5.97 Å². The molecule has 0 aliphatic carbocycles. The summed E-state index contributed by atoms with van der Waals surface area (Å²) in [6, 6.07) is 1.66. The molecule has 1 amide bonds. The van der Waals surface area contributed by atoms with Gasteiger partial charge in [0.05, 0.1) is 6.10 Å². The van der Waals surface area contributed by atoms with E-state index in [4.69, 9.17) is 5.11 Å². The highest BCUT2D eigenvalue weighted by Gasteiger charge is 2.40. The van der Waals surface area contributed by atoms with Crippen LogP contribution in [-0.2, 0) is 4.79 Å². The average molecular weight is 271 g/mol. The Kier molecular flexibility index (Phi) is 3.48. The molecule has 19 heavy (non-hydrogen) atoms. The van der Waals surface area contributed by atoms with Crippen molar-refractivity contribution >= 4 is 11.9 Å². The van der Waals surface area contributed by atoms with Crippen molar-refractivity contribution in [2.75, 3.05) is 6.54 Å². The molecule has 0 saturated carbocycles. The molecule has 7 heteroatoms. The Balaban J connectivity index is 2.36. The highest BCUT2D eigenvalue weighted by atomic mass is 19.1. The van der Waals surface area contributed by atoms with Crippen molar-refractivity contribution in [2.24, 2.45) is 0 Å². The first-order valence-electron chi connectivity index (χ1n) is 5.57. The number of amides is 1. The maximum atomic E-state index is 13.5. The third-order valence-electron chi connectivity index (χ3n) is 3.00. The smallest absolute Gasteiger partial charge is 0.326 e. The minimum atomic E-state index is -1.32. The van der Waals surface area contributed by atoms with Gasteiger partial charge in [0, 0.05) is 13.0 Å². The molecular weight excluding hydrogens is 260 g/mol. The molecule has 1 aromatic rings. The first-order chi connectivity index (χ1) is 8.91. The maximum Gasteiger partial charge on any atom is 0.326 e. The Morgan fingerprint density at radius 2 is 1.84 bits per heavy atom. The van der Waals surface area contributed by atoms with Crippen LogP contribution in [-0.4, -0.2) is 45.7 Å². The normalized spacial score (nSPS) is 22.6. The number of aliphatic carboxylic acids is 1. The highest BCUT2D eigenvalue weighted by molar-refractivity contribution is 5.97. The number of nitrogens with zero attached hydrogens (tertiary/aromatic N) is 1. The lowest BCUT2D eigenvalue weighted by molar-refractivity contribution is -0.141. The zero-order valence-electron chi connectivity index (χ0n) is 9.72. The van der Waals surface area contributed by atoms with Crippen LogP contribution in [0.25, 0.3) is 0 Å². The average Bonchev–Trinajstić information content (AvgIpc) is 2.71. The number of carbonyl (C=O) groups is 2. The molecule has 2 atom stereocenters. The molecule has 1 aromatic carbocycles. The molecular formula is C12H11F2NO4. The van der Waals surface area contributed by atoms with Gasteiger partial charge in [0.2, 0.25) is 0 Å². The quantitative estimate of drug-likeness (QED) is 0.826. The van der Waals surface area contributed by atoms with Gasteiger partial charge in [-0.25, -0.2) is 13.6 Å².